The van der Waals surface area contributed by atoms with Gasteiger partial charge in [-0.2, -0.15) is 5.10 Å². The molecule has 0 aliphatic heterocycles. The fourth-order valence-electron chi connectivity index (χ4n) is 1.76. The molecule has 1 aromatic rings. The van der Waals surface area contributed by atoms with Crippen LogP contribution in [0.2, 0.25) is 0 Å². The highest BCUT2D eigenvalue weighted by Crippen LogP contribution is 2.03. The van der Waals surface area contributed by atoms with Crippen molar-refractivity contribution < 1.29 is 0 Å². The Morgan fingerprint density at radius 2 is 2.27 bits per heavy atom. The topological polar surface area (TPSA) is 29.9 Å². The summed E-state index contributed by atoms with van der Waals surface area (Å²) >= 11 is 0. The molecule has 3 heteroatoms. The minimum atomic E-state index is 0.648. The second-order valence-corrected chi connectivity index (χ2v) is 4.17. The van der Waals surface area contributed by atoms with E-state index < -0.39 is 0 Å². The van der Waals surface area contributed by atoms with Gasteiger partial charge in [0.25, 0.3) is 0 Å². The third-order valence-corrected chi connectivity index (χ3v) is 2.60. The van der Waals surface area contributed by atoms with E-state index in [1.54, 1.807) is 0 Å². The van der Waals surface area contributed by atoms with E-state index in [1.165, 1.54) is 19.3 Å². The Morgan fingerprint density at radius 1 is 1.47 bits per heavy atom. The molecule has 1 aromatic heterocycles. The van der Waals surface area contributed by atoms with Gasteiger partial charge in [0.15, 0.2) is 0 Å². The van der Waals surface area contributed by atoms with E-state index in [0.29, 0.717) is 6.04 Å². The Labute approximate surface area is 92.9 Å². The largest absolute Gasteiger partial charge is 0.315 e. The summed E-state index contributed by atoms with van der Waals surface area (Å²) in [4.78, 5) is 0. The first-order chi connectivity index (χ1) is 7.22. The summed E-state index contributed by atoms with van der Waals surface area (Å²) in [5.74, 6) is 0. The SMILES string of the molecule is CCNC(C)CCCCn1ccc(C)n1. The summed E-state index contributed by atoms with van der Waals surface area (Å²) in [7, 11) is 0. The van der Waals surface area contributed by atoms with Crippen molar-refractivity contribution in [3.63, 3.8) is 0 Å². The molecule has 1 heterocycles. The standard InChI is InChI=1S/C12H23N3/c1-4-13-11(2)7-5-6-9-15-10-8-12(3)14-15/h8,10-11,13H,4-7,9H2,1-3H3. The predicted molar refractivity (Wildman–Crippen MR) is 64.0 cm³/mol. The molecule has 1 unspecified atom stereocenters. The summed E-state index contributed by atoms with van der Waals surface area (Å²) in [6, 6.07) is 2.70. The lowest BCUT2D eigenvalue weighted by Crippen LogP contribution is -2.25. The smallest absolute Gasteiger partial charge is 0.0593 e. The Hall–Kier alpha value is -0.830. The first-order valence-corrected chi connectivity index (χ1v) is 5.95. The highest BCUT2D eigenvalue weighted by atomic mass is 15.3. The molecule has 1 atom stereocenters. The minimum Gasteiger partial charge on any atom is -0.315 e. The van der Waals surface area contributed by atoms with Crippen LogP contribution in [-0.4, -0.2) is 22.4 Å². The van der Waals surface area contributed by atoms with Gasteiger partial charge in [0.05, 0.1) is 5.69 Å². The summed E-state index contributed by atoms with van der Waals surface area (Å²) in [6.45, 7) is 8.56. The van der Waals surface area contributed by atoms with Gasteiger partial charge in [0, 0.05) is 18.8 Å². The first-order valence-electron chi connectivity index (χ1n) is 5.95. The van der Waals surface area contributed by atoms with Crippen LogP contribution in [0, 0.1) is 6.92 Å². The zero-order chi connectivity index (χ0) is 11.1. The Kier molecular flexibility index (Phi) is 5.40. The average Bonchev–Trinajstić information content (AvgIpc) is 2.60. The maximum Gasteiger partial charge on any atom is 0.0593 e. The van der Waals surface area contributed by atoms with Crippen molar-refractivity contribution in [2.45, 2.75) is 52.6 Å². The molecule has 1 rings (SSSR count). The molecule has 0 bridgehead atoms. The quantitative estimate of drug-likeness (QED) is 0.699. The Balaban J connectivity index is 2.06. The lowest BCUT2D eigenvalue weighted by Gasteiger charge is -2.11. The number of nitrogens with one attached hydrogen (secondary N) is 1. The van der Waals surface area contributed by atoms with Gasteiger partial charge < -0.3 is 5.32 Å². The van der Waals surface area contributed by atoms with Gasteiger partial charge in [0.1, 0.15) is 0 Å². The molecular weight excluding hydrogens is 186 g/mol. The van der Waals surface area contributed by atoms with Crippen LogP contribution in [0.15, 0.2) is 12.3 Å². The molecule has 0 amide bonds. The summed E-state index contributed by atoms with van der Waals surface area (Å²) < 4.78 is 2.03. The number of hydrogen-bond acceptors (Lipinski definition) is 2. The van der Waals surface area contributed by atoms with E-state index in [0.717, 1.165) is 18.8 Å². The monoisotopic (exact) mass is 209 g/mol. The van der Waals surface area contributed by atoms with E-state index in [2.05, 4.69) is 36.5 Å². The molecule has 86 valence electrons. The summed E-state index contributed by atoms with van der Waals surface area (Å²) in [5.41, 5.74) is 1.11. The van der Waals surface area contributed by atoms with Gasteiger partial charge in [-0.1, -0.05) is 13.3 Å². The van der Waals surface area contributed by atoms with Crippen molar-refractivity contribution in [1.82, 2.24) is 15.1 Å². The first kappa shape index (κ1) is 12.2. The second-order valence-electron chi connectivity index (χ2n) is 4.17. The van der Waals surface area contributed by atoms with Crippen LogP contribution in [0.5, 0.6) is 0 Å². The fourth-order valence-corrected chi connectivity index (χ4v) is 1.76. The van der Waals surface area contributed by atoms with Crippen molar-refractivity contribution in [1.29, 1.82) is 0 Å². The number of rotatable bonds is 7. The van der Waals surface area contributed by atoms with Crippen LogP contribution in [0.4, 0.5) is 0 Å². The van der Waals surface area contributed by atoms with Crippen molar-refractivity contribution >= 4 is 0 Å². The normalized spacial score (nSPS) is 13.0. The van der Waals surface area contributed by atoms with E-state index >= 15 is 0 Å². The molecule has 3 nitrogen and oxygen atoms in total. The van der Waals surface area contributed by atoms with Gasteiger partial charge >= 0.3 is 0 Å². The number of unbranched alkanes of at least 4 members (excludes halogenated alkanes) is 1. The third kappa shape index (κ3) is 4.98. The number of nitrogens with zero attached hydrogens (tertiary/aromatic N) is 2. The lowest BCUT2D eigenvalue weighted by atomic mass is 10.1. The molecular formula is C12H23N3. The highest BCUT2D eigenvalue weighted by molar-refractivity contribution is 4.94. The molecule has 0 aliphatic rings. The average molecular weight is 209 g/mol. The van der Waals surface area contributed by atoms with Crippen LogP contribution in [0.3, 0.4) is 0 Å². The zero-order valence-electron chi connectivity index (χ0n) is 10.2. The second kappa shape index (κ2) is 6.62. The Bertz CT molecular complexity index is 268. The van der Waals surface area contributed by atoms with Crippen LogP contribution < -0.4 is 5.32 Å². The molecule has 0 spiro atoms. The molecule has 0 fully saturated rings. The van der Waals surface area contributed by atoms with Crippen LogP contribution in [0.25, 0.3) is 0 Å². The maximum absolute atomic E-state index is 4.36. The van der Waals surface area contributed by atoms with Gasteiger partial charge in [-0.25, -0.2) is 0 Å². The number of hydrogen-bond donors (Lipinski definition) is 1. The molecule has 0 aromatic carbocycles. The van der Waals surface area contributed by atoms with E-state index in [-0.39, 0.29) is 0 Å². The molecule has 15 heavy (non-hydrogen) atoms. The van der Waals surface area contributed by atoms with Crippen molar-refractivity contribution in [2.75, 3.05) is 6.54 Å². The molecule has 0 saturated heterocycles. The van der Waals surface area contributed by atoms with E-state index in [9.17, 15) is 0 Å². The minimum absolute atomic E-state index is 0.648. The van der Waals surface area contributed by atoms with Crippen LogP contribution in [-0.2, 0) is 6.54 Å². The van der Waals surface area contributed by atoms with Crippen LogP contribution in [0.1, 0.15) is 38.8 Å². The van der Waals surface area contributed by atoms with Gasteiger partial charge in [-0.3, -0.25) is 4.68 Å². The molecule has 1 N–H and O–H groups in total. The summed E-state index contributed by atoms with van der Waals surface area (Å²) in [5, 5.41) is 7.79. The molecule has 0 saturated carbocycles. The summed E-state index contributed by atoms with van der Waals surface area (Å²) in [6.07, 6.45) is 5.81. The van der Waals surface area contributed by atoms with Crippen molar-refractivity contribution in [3.8, 4) is 0 Å². The number of aromatic nitrogens is 2. The zero-order valence-corrected chi connectivity index (χ0v) is 10.2. The predicted octanol–water partition coefficient (Wildman–Crippen LogP) is 2.36. The van der Waals surface area contributed by atoms with Crippen molar-refractivity contribution in [2.24, 2.45) is 0 Å². The van der Waals surface area contributed by atoms with E-state index in [1.807, 2.05) is 11.6 Å². The molecule has 0 aliphatic carbocycles. The highest BCUT2D eigenvalue weighted by Gasteiger charge is 1.99. The van der Waals surface area contributed by atoms with E-state index in [4.69, 9.17) is 0 Å². The van der Waals surface area contributed by atoms with Gasteiger partial charge in [0.2, 0.25) is 0 Å². The number of aryl methyl sites for hydroxylation is 2. The van der Waals surface area contributed by atoms with Gasteiger partial charge in [-0.05, 0) is 39.3 Å². The van der Waals surface area contributed by atoms with Gasteiger partial charge in [-0.15, -0.1) is 0 Å². The van der Waals surface area contributed by atoms with Crippen LogP contribution >= 0.6 is 0 Å². The molecule has 0 radical (unpaired) electrons. The fraction of sp³-hybridized carbons (Fsp3) is 0.750. The third-order valence-electron chi connectivity index (χ3n) is 2.60. The van der Waals surface area contributed by atoms with Crippen molar-refractivity contribution in [3.05, 3.63) is 18.0 Å². The lowest BCUT2D eigenvalue weighted by molar-refractivity contribution is 0.474. The Morgan fingerprint density at radius 3 is 2.87 bits per heavy atom. The maximum atomic E-state index is 4.36.